The lowest BCUT2D eigenvalue weighted by atomic mass is 10.0. The largest absolute Gasteiger partial charge is 0.508 e. The molecule has 5 heteroatoms. The molecule has 1 N–H and O–H groups in total. The standard InChI is InChI=1S/C16H10O5/c17-8-1-2-12-10(3-8)16-11(6-18-12)9-4-14-15(20-7-19-14)5-13(9)21-16/h1-5,17H,6-7H2. The minimum absolute atomic E-state index is 0.180. The van der Waals surface area contributed by atoms with E-state index in [-0.39, 0.29) is 12.5 Å². The summed E-state index contributed by atoms with van der Waals surface area (Å²) in [5, 5.41) is 10.6. The van der Waals surface area contributed by atoms with Crippen LogP contribution in [0.15, 0.2) is 34.7 Å². The van der Waals surface area contributed by atoms with Crippen LogP contribution in [0.2, 0.25) is 0 Å². The van der Waals surface area contributed by atoms with Crippen LogP contribution in [0.25, 0.3) is 22.3 Å². The number of ether oxygens (including phenoxy) is 3. The molecule has 5 nitrogen and oxygen atoms in total. The van der Waals surface area contributed by atoms with Gasteiger partial charge in [0.05, 0.1) is 5.56 Å². The second-order valence-corrected chi connectivity index (χ2v) is 5.08. The summed E-state index contributed by atoms with van der Waals surface area (Å²) in [4.78, 5) is 0. The van der Waals surface area contributed by atoms with Gasteiger partial charge in [0.15, 0.2) is 11.5 Å². The van der Waals surface area contributed by atoms with Crippen molar-refractivity contribution in [3.63, 3.8) is 0 Å². The first-order valence-corrected chi connectivity index (χ1v) is 6.61. The first-order chi connectivity index (χ1) is 10.3. The van der Waals surface area contributed by atoms with Crippen LogP contribution in [0, 0.1) is 0 Å². The van der Waals surface area contributed by atoms with Crippen LogP contribution in [0.3, 0.4) is 0 Å². The normalized spacial score (nSPS) is 14.7. The van der Waals surface area contributed by atoms with Crippen molar-refractivity contribution in [2.45, 2.75) is 6.61 Å². The number of furan rings is 1. The van der Waals surface area contributed by atoms with Gasteiger partial charge in [0.25, 0.3) is 0 Å². The summed E-state index contributed by atoms with van der Waals surface area (Å²) in [6.45, 7) is 0.664. The van der Waals surface area contributed by atoms with Crippen molar-refractivity contribution in [3.8, 4) is 34.3 Å². The molecule has 0 amide bonds. The summed E-state index contributed by atoms with van der Waals surface area (Å²) >= 11 is 0. The molecule has 0 saturated carbocycles. The Bertz CT molecular complexity index is 893. The lowest BCUT2D eigenvalue weighted by Crippen LogP contribution is -2.03. The zero-order chi connectivity index (χ0) is 14.0. The summed E-state index contributed by atoms with van der Waals surface area (Å²) in [6.07, 6.45) is 0. The van der Waals surface area contributed by atoms with Gasteiger partial charge in [-0.3, -0.25) is 0 Å². The first-order valence-electron chi connectivity index (χ1n) is 6.61. The Hall–Kier alpha value is -2.82. The second kappa shape index (κ2) is 3.63. The maximum absolute atomic E-state index is 9.69. The molecule has 0 radical (unpaired) electrons. The van der Waals surface area contributed by atoms with E-state index < -0.39 is 0 Å². The summed E-state index contributed by atoms with van der Waals surface area (Å²) in [5.74, 6) is 3.02. The number of phenols is 1. The maximum atomic E-state index is 9.69. The SMILES string of the molecule is Oc1ccc2c(c1)-c1oc3cc4c(cc3c1CO2)OCO4. The molecular weight excluding hydrogens is 272 g/mol. The highest BCUT2D eigenvalue weighted by Gasteiger charge is 2.26. The summed E-state index contributed by atoms with van der Waals surface area (Å²) in [6, 6.07) is 8.74. The van der Waals surface area contributed by atoms with Crippen LogP contribution in [-0.4, -0.2) is 11.9 Å². The van der Waals surface area contributed by atoms with Crippen molar-refractivity contribution in [2.24, 2.45) is 0 Å². The van der Waals surface area contributed by atoms with E-state index in [0.717, 1.165) is 27.9 Å². The molecule has 0 aliphatic carbocycles. The highest BCUT2D eigenvalue weighted by molar-refractivity contribution is 5.92. The highest BCUT2D eigenvalue weighted by atomic mass is 16.7. The van der Waals surface area contributed by atoms with Crippen LogP contribution >= 0.6 is 0 Å². The Morgan fingerprint density at radius 2 is 1.76 bits per heavy atom. The molecule has 0 bridgehead atoms. The van der Waals surface area contributed by atoms with Gasteiger partial charge in [-0.25, -0.2) is 0 Å². The zero-order valence-electron chi connectivity index (χ0n) is 10.9. The van der Waals surface area contributed by atoms with Crippen molar-refractivity contribution in [1.29, 1.82) is 0 Å². The molecule has 3 aromatic rings. The van der Waals surface area contributed by atoms with E-state index in [1.807, 2.05) is 12.1 Å². The molecule has 0 atom stereocenters. The lowest BCUT2D eigenvalue weighted by molar-refractivity contribution is 0.174. The average molecular weight is 282 g/mol. The second-order valence-electron chi connectivity index (χ2n) is 5.08. The number of hydrogen-bond donors (Lipinski definition) is 1. The summed E-state index contributed by atoms with van der Waals surface area (Å²) in [5.41, 5.74) is 2.44. The minimum Gasteiger partial charge on any atom is -0.508 e. The molecule has 2 aliphatic heterocycles. The number of benzene rings is 2. The molecule has 5 rings (SSSR count). The Morgan fingerprint density at radius 1 is 0.905 bits per heavy atom. The van der Waals surface area contributed by atoms with Gasteiger partial charge in [-0.1, -0.05) is 0 Å². The van der Waals surface area contributed by atoms with Gasteiger partial charge >= 0.3 is 0 Å². The molecule has 2 aliphatic rings. The predicted octanol–water partition coefficient (Wildman–Crippen LogP) is 3.43. The minimum atomic E-state index is 0.180. The third-order valence-electron chi connectivity index (χ3n) is 3.87. The Kier molecular flexibility index (Phi) is 1.89. The molecule has 0 saturated heterocycles. The van der Waals surface area contributed by atoms with Crippen molar-refractivity contribution in [1.82, 2.24) is 0 Å². The average Bonchev–Trinajstić information content (AvgIpc) is 3.08. The smallest absolute Gasteiger partial charge is 0.231 e. The van der Waals surface area contributed by atoms with Crippen molar-refractivity contribution >= 4 is 11.0 Å². The number of rotatable bonds is 0. The van der Waals surface area contributed by atoms with Crippen molar-refractivity contribution in [3.05, 3.63) is 35.9 Å². The van der Waals surface area contributed by atoms with Crippen LogP contribution in [0.4, 0.5) is 0 Å². The Labute approximate surface area is 119 Å². The summed E-state index contributed by atoms with van der Waals surface area (Å²) in [7, 11) is 0. The Balaban J connectivity index is 1.82. The van der Waals surface area contributed by atoms with E-state index in [2.05, 4.69) is 0 Å². The van der Waals surface area contributed by atoms with Gasteiger partial charge in [-0.15, -0.1) is 0 Å². The van der Waals surface area contributed by atoms with Gasteiger partial charge < -0.3 is 23.7 Å². The van der Waals surface area contributed by atoms with E-state index in [1.165, 1.54) is 0 Å². The van der Waals surface area contributed by atoms with E-state index in [1.54, 1.807) is 18.2 Å². The van der Waals surface area contributed by atoms with Crippen molar-refractivity contribution < 1.29 is 23.7 Å². The van der Waals surface area contributed by atoms with Crippen LogP contribution in [-0.2, 0) is 6.61 Å². The van der Waals surface area contributed by atoms with E-state index >= 15 is 0 Å². The number of fused-ring (bicyclic) bond motifs is 6. The van der Waals surface area contributed by atoms with Gasteiger partial charge in [0.2, 0.25) is 6.79 Å². The highest BCUT2D eigenvalue weighted by Crippen LogP contribution is 2.46. The van der Waals surface area contributed by atoms with Crippen LogP contribution in [0.1, 0.15) is 5.56 Å². The number of hydrogen-bond acceptors (Lipinski definition) is 5. The molecule has 1 aromatic heterocycles. The maximum Gasteiger partial charge on any atom is 0.231 e. The van der Waals surface area contributed by atoms with Gasteiger partial charge in [0, 0.05) is 17.0 Å². The lowest BCUT2D eigenvalue weighted by Gasteiger charge is -2.16. The fourth-order valence-corrected chi connectivity index (χ4v) is 2.87. The third-order valence-corrected chi connectivity index (χ3v) is 3.87. The quantitative estimate of drug-likeness (QED) is 0.684. The molecule has 21 heavy (non-hydrogen) atoms. The molecule has 0 unspecified atom stereocenters. The van der Waals surface area contributed by atoms with Gasteiger partial charge in [-0.05, 0) is 24.3 Å². The fraction of sp³-hybridized carbons (Fsp3) is 0.125. The zero-order valence-corrected chi connectivity index (χ0v) is 10.9. The summed E-state index contributed by atoms with van der Waals surface area (Å²) < 4.78 is 22.5. The monoisotopic (exact) mass is 282 g/mol. The van der Waals surface area contributed by atoms with Gasteiger partial charge in [-0.2, -0.15) is 0 Å². The number of aromatic hydroxyl groups is 1. The first kappa shape index (κ1) is 10.9. The predicted molar refractivity (Wildman–Crippen MR) is 73.8 cm³/mol. The number of phenolic OH excluding ortho intramolecular Hbond substituents is 1. The molecule has 0 fully saturated rings. The molecule has 2 aromatic carbocycles. The van der Waals surface area contributed by atoms with E-state index in [4.69, 9.17) is 18.6 Å². The third kappa shape index (κ3) is 1.40. The van der Waals surface area contributed by atoms with Crippen LogP contribution < -0.4 is 14.2 Å². The topological polar surface area (TPSA) is 61.1 Å². The van der Waals surface area contributed by atoms with Crippen molar-refractivity contribution in [2.75, 3.05) is 6.79 Å². The molecular formula is C16H10O5. The molecule has 0 spiro atoms. The molecule has 3 heterocycles. The van der Waals surface area contributed by atoms with Crippen LogP contribution in [0.5, 0.6) is 23.0 Å². The van der Waals surface area contributed by atoms with E-state index in [9.17, 15) is 5.11 Å². The van der Waals surface area contributed by atoms with E-state index in [0.29, 0.717) is 23.9 Å². The van der Waals surface area contributed by atoms with Gasteiger partial charge in [0.1, 0.15) is 29.4 Å². The fourth-order valence-electron chi connectivity index (χ4n) is 2.87. The Morgan fingerprint density at radius 3 is 2.67 bits per heavy atom. The molecule has 104 valence electrons.